The van der Waals surface area contributed by atoms with E-state index in [0.717, 1.165) is 0 Å². The number of rotatable bonds is 4. The first-order valence-corrected chi connectivity index (χ1v) is 14.8. The zero-order chi connectivity index (χ0) is 35.4. The van der Waals surface area contributed by atoms with E-state index in [2.05, 4.69) is 51.5 Å². The molecule has 0 aliphatic carbocycles. The van der Waals surface area contributed by atoms with Crippen molar-refractivity contribution in [3.05, 3.63) is 29.1 Å². The van der Waals surface area contributed by atoms with E-state index in [-0.39, 0.29) is 75.5 Å². The van der Waals surface area contributed by atoms with Crippen molar-refractivity contribution in [1.82, 2.24) is 35.1 Å². The third-order valence-electron chi connectivity index (χ3n) is 6.30. The molecule has 0 fully saturated rings. The molecule has 0 aromatic carbocycles. The second-order valence-electron chi connectivity index (χ2n) is 10.6. The van der Waals surface area contributed by atoms with Crippen LogP contribution >= 0.6 is 0 Å². The Hall–Kier alpha value is -5.62. The van der Waals surface area contributed by atoms with Crippen LogP contribution in [0.2, 0.25) is 0 Å². The molecule has 4 amide bonds. The third kappa shape index (κ3) is 12.8. The summed E-state index contributed by atoms with van der Waals surface area (Å²) in [6.45, 7) is 11.7. The lowest BCUT2D eigenvalue weighted by atomic mass is 10.2. The first kappa shape index (κ1) is 46.5. The number of nitrogens with zero attached hydrogens (tertiary/aromatic N) is 8. The lowest BCUT2D eigenvalue weighted by molar-refractivity contribution is -0.123. The van der Waals surface area contributed by atoms with Crippen molar-refractivity contribution in [2.75, 3.05) is 41.6 Å². The molecule has 0 saturated heterocycles. The molecule has 5 heterocycles. The summed E-state index contributed by atoms with van der Waals surface area (Å²) in [5.41, 5.74) is 0.240. The molecule has 0 radical (unpaired) electrons. The van der Waals surface area contributed by atoms with Gasteiger partial charge in [0.1, 0.15) is 17.8 Å². The van der Waals surface area contributed by atoms with E-state index in [4.69, 9.17) is 5.11 Å². The van der Waals surface area contributed by atoms with Crippen molar-refractivity contribution in [3.8, 4) is 0 Å². The van der Waals surface area contributed by atoms with Crippen molar-refractivity contribution >= 4 is 59.3 Å². The summed E-state index contributed by atoms with van der Waals surface area (Å²) >= 11 is 0. The van der Waals surface area contributed by atoms with Gasteiger partial charge in [0.05, 0.1) is 13.0 Å². The summed E-state index contributed by atoms with van der Waals surface area (Å²) in [6.07, 6.45) is 2.97. The van der Waals surface area contributed by atoms with Gasteiger partial charge in [-0.1, -0.05) is 63.8 Å². The van der Waals surface area contributed by atoms with Crippen LogP contribution in [0.25, 0.3) is 0 Å². The number of fused-ring (bicyclic) bond motifs is 2. The fourth-order valence-corrected chi connectivity index (χ4v) is 3.69. The van der Waals surface area contributed by atoms with Gasteiger partial charge in [-0.3, -0.25) is 35.3 Å². The smallest absolute Gasteiger partial charge is 0.410 e. The maximum absolute atomic E-state index is 11.7. The summed E-state index contributed by atoms with van der Waals surface area (Å²) < 4.78 is 1.34. The zero-order valence-corrected chi connectivity index (χ0v) is 27.9. The standard InChI is InChI=1S/C10H15N5O2.C9H13N3O2.C7H9N5O2.C2H6.3CH4/c1-5(2)8(16)13-10-12-7-6(9(17)14-10)11-4-15(7)3;1-6(2)8(13)10-7-4-5-12(3)9(14)11-7;1-12-3-10-4-5(11-7(13)14)8-2-9-6(4)12;1-2;;;/h4-7H,1-3H3,(H2,12,13,14,16,17);4-6H,1-3H3,(H,10,11,13,14);2,10H,3H2,1H3,(H,13,14)(H,8,9,11);1-2H3;3*1H4. The number of likely N-dealkylation sites (N-methyl/N-ethyl adjacent to an activating group) is 1. The molecule has 0 bridgehead atoms. The van der Waals surface area contributed by atoms with E-state index in [0.29, 0.717) is 24.0 Å². The summed E-state index contributed by atoms with van der Waals surface area (Å²) in [4.78, 5) is 79.4. The Morgan fingerprint density at radius 2 is 1.54 bits per heavy atom. The minimum Gasteiger partial charge on any atom is -0.465 e. The van der Waals surface area contributed by atoms with Crippen molar-refractivity contribution in [2.45, 2.75) is 76.0 Å². The number of aliphatic imine (C=N–C) groups is 2. The minimum atomic E-state index is -1.14. The van der Waals surface area contributed by atoms with Gasteiger partial charge in [0, 0.05) is 39.2 Å². The Morgan fingerprint density at radius 3 is 2.10 bits per heavy atom. The molecule has 2 aromatic heterocycles. The Kier molecular flexibility index (Phi) is 19.9. The normalized spacial score (nSPS) is 15.8. The highest BCUT2D eigenvalue weighted by Gasteiger charge is 2.38. The topological polar surface area (TPSA) is 241 Å². The average Bonchev–Trinajstić information content (AvgIpc) is 3.59. The summed E-state index contributed by atoms with van der Waals surface area (Å²) in [5, 5.41) is 21.4. The number of aromatic nitrogens is 4. The first-order chi connectivity index (χ1) is 22.2. The van der Waals surface area contributed by atoms with Gasteiger partial charge in [-0.2, -0.15) is 4.98 Å². The molecular weight excluding hydrogens is 650 g/mol. The monoisotopic (exact) mass is 705 g/mol. The molecular formula is C31H55N13O6. The van der Waals surface area contributed by atoms with Crippen LogP contribution in [-0.2, 0) is 21.4 Å². The maximum Gasteiger partial charge on any atom is 0.410 e. The molecule has 2 unspecified atom stereocenters. The van der Waals surface area contributed by atoms with Crippen molar-refractivity contribution in [2.24, 2.45) is 28.9 Å². The highest BCUT2D eigenvalue weighted by atomic mass is 16.4. The molecule has 6 N–H and O–H groups in total. The molecule has 50 heavy (non-hydrogen) atoms. The van der Waals surface area contributed by atoms with Gasteiger partial charge in [0.2, 0.25) is 17.8 Å². The van der Waals surface area contributed by atoms with Gasteiger partial charge in [0.25, 0.3) is 5.91 Å². The zero-order valence-electron chi connectivity index (χ0n) is 27.9. The largest absolute Gasteiger partial charge is 0.465 e. The second kappa shape index (κ2) is 21.4. The van der Waals surface area contributed by atoms with Crippen molar-refractivity contribution < 1.29 is 24.3 Å². The summed E-state index contributed by atoms with van der Waals surface area (Å²) in [5.74, 6) is 0.625. The van der Waals surface area contributed by atoms with Gasteiger partial charge < -0.3 is 30.1 Å². The number of carbonyl (C=O) groups is 4. The van der Waals surface area contributed by atoms with E-state index in [1.54, 1.807) is 65.3 Å². The van der Waals surface area contributed by atoms with Gasteiger partial charge in [-0.15, -0.1) is 0 Å². The molecule has 3 aliphatic rings. The van der Waals surface area contributed by atoms with Crippen LogP contribution in [0.4, 0.5) is 27.9 Å². The highest BCUT2D eigenvalue weighted by molar-refractivity contribution is 6.08. The third-order valence-corrected chi connectivity index (χ3v) is 6.30. The van der Waals surface area contributed by atoms with Crippen LogP contribution in [0.5, 0.6) is 0 Å². The predicted molar refractivity (Wildman–Crippen MR) is 197 cm³/mol. The summed E-state index contributed by atoms with van der Waals surface area (Å²) in [7, 11) is 5.25. The quantitative estimate of drug-likeness (QED) is 0.269. The molecule has 2 atom stereocenters. The van der Waals surface area contributed by atoms with Crippen LogP contribution in [0.1, 0.15) is 63.8 Å². The molecule has 2 aromatic rings. The molecule has 3 aliphatic heterocycles. The number of hydrogen-bond acceptors (Lipinski definition) is 13. The number of aryl methyl sites for hydroxylation is 1. The SMILES string of the molecule is C.C.C.CC.CC(C)C(=O)NC1=NC2C(N=CN2C)C(=O)N1.CC(C)C(=O)Nc1ccn(C)c(=O)n1.CN1CNc2c(NC(=O)O)ncnc21. The van der Waals surface area contributed by atoms with E-state index in [9.17, 15) is 24.0 Å². The van der Waals surface area contributed by atoms with Gasteiger partial charge in [-0.05, 0) is 6.07 Å². The average molecular weight is 706 g/mol. The number of carboxylic acid groups (broad SMARTS) is 1. The van der Waals surface area contributed by atoms with E-state index >= 15 is 0 Å². The first-order valence-electron chi connectivity index (χ1n) is 14.8. The second-order valence-corrected chi connectivity index (χ2v) is 10.6. The number of amides is 4. The van der Waals surface area contributed by atoms with Crippen molar-refractivity contribution in [1.29, 1.82) is 0 Å². The Labute approximate surface area is 294 Å². The number of guanidine groups is 1. The molecule has 0 saturated carbocycles. The molecule has 19 heteroatoms. The fraction of sp³-hybridized carbons (Fsp3) is 0.548. The van der Waals surface area contributed by atoms with Gasteiger partial charge >= 0.3 is 11.8 Å². The molecule has 0 spiro atoms. The lowest BCUT2D eigenvalue weighted by Gasteiger charge is -2.26. The van der Waals surface area contributed by atoms with Crippen LogP contribution in [0.3, 0.4) is 0 Å². The number of nitrogens with one attached hydrogen (secondary N) is 5. The van der Waals surface area contributed by atoms with E-state index in [1.165, 1.54) is 10.9 Å². The van der Waals surface area contributed by atoms with Gasteiger partial charge in [-0.25, -0.2) is 24.5 Å². The molecule has 19 nitrogen and oxygen atoms in total. The summed E-state index contributed by atoms with van der Waals surface area (Å²) in [6, 6.07) is 1.07. The number of hydrogen-bond donors (Lipinski definition) is 6. The predicted octanol–water partition coefficient (Wildman–Crippen LogP) is 2.61. The van der Waals surface area contributed by atoms with Gasteiger partial charge in [0.15, 0.2) is 23.8 Å². The van der Waals surface area contributed by atoms with E-state index in [1.807, 2.05) is 25.8 Å². The fourth-order valence-electron chi connectivity index (χ4n) is 3.69. The van der Waals surface area contributed by atoms with Crippen LogP contribution in [-0.4, -0.2) is 98.6 Å². The highest BCUT2D eigenvalue weighted by Crippen LogP contribution is 2.32. The number of carbonyl (C=O) groups excluding carboxylic acids is 3. The van der Waals surface area contributed by atoms with Crippen LogP contribution < -0.4 is 37.2 Å². The van der Waals surface area contributed by atoms with Crippen molar-refractivity contribution in [3.63, 3.8) is 0 Å². The number of anilines is 4. The van der Waals surface area contributed by atoms with Crippen LogP contribution in [0.15, 0.2) is 33.4 Å². The lowest BCUT2D eigenvalue weighted by Crippen LogP contribution is -2.56. The van der Waals surface area contributed by atoms with Crippen LogP contribution in [0, 0.1) is 11.8 Å². The minimum absolute atomic E-state index is 0. The Bertz CT molecular complexity index is 1560. The Morgan fingerprint density at radius 1 is 0.940 bits per heavy atom. The molecule has 280 valence electrons. The molecule has 5 rings (SSSR count). The van der Waals surface area contributed by atoms with E-state index < -0.39 is 12.1 Å². The Balaban J connectivity index is 0. The maximum atomic E-state index is 11.7.